The van der Waals surface area contributed by atoms with Crippen LogP contribution in [-0.4, -0.2) is 34.0 Å². The lowest BCUT2D eigenvalue weighted by Gasteiger charge is -2.27. The number of aryl methyl sites for hydroxylation is 1. The quantitative estimate of drug-likeness (QED) is 0.869. The van der Waals surface area contributed by atoms with Crippen LogP contribution in [0, 0.1) is 0 Å². The van der Waals surface area contributed by atoms with Crippen LogP contribution in [0.4, 0.5) is 0 Å². The third-order valence-corrected chi connectivity index (χ3v) is 5.91. The maximum absolute atomic E-state index is 13.0. The van der Waals surface area contributed by atoms with Crippen LogP contribution < -0.4 is 0 Å². The Morgan fingerprint density at radius 1 is 1.23 bits per heavy atom. The van der Waals surface area contributed by atoms with Gasteiger partial charge >= 0.3 is 0 Å². The lowest BCUT2D eigenvalue weighted by atomic mass is 10.1. The highest BCUT2D eigenvalue weighted by Crippen LogP contribution is 2.33. The number of nitrogens with zero attached hydrogens (tertiary/aromatic N) is 4. The zero-order valence-electron chi connectivity index (χ0n) is 12.6. The molecule has 22 heavy (non-hydrogen) atoms. The average Bonchev–Trinajstić information content (AvgIpc) is 2.81. The van der Waals surface area contributed by atoms with E-state index in [0.717, 1.165) is 31.4 Å². The highest BCUT2D eigenvalue weighted by Gasteiger charge is 2.34. The van der Waals surface area contributed by atoms with E-state index in [1.165, 1.54) is 6.20 Å². The summed E-state index contributed by atoms with van der Waals surface area (Å²) in [4.78, 5) is 4.19. The van der Waals surface area contributed by atoms with E-state index in [1.807, 2.05) is 19.3 Å². The minimum absolute atomic E-state index is 0.200. The molecule has 0 radical (unpaired) electrons. The third-order valence-electron chi connectivity index (χ3n) is 4.02. The molecule has 2 aromatic heterocycles. The van der Waals surface area contributed by atoms with Crippen molar-refractivity contribution in [1.29, 1.82) is 0 Å². The molecule has 0 bridgehead atoms. The monoisotopic (exact) mass is 320 g/mol. The Bertz CT molecular complexity index is 727. The molecule has 1 aliphatic rings. The summed E-state index contributed by atoms with van der Waals surface area (Å²) in [5, 5.41) is 4.43. The maximum Gasteiger partial charge on any atom is 0.245 e. The molecule has 118 valence electrons. The Hall–Kier alpha value is -1.73. The summed E-state index contributed by atoms with van der Waals surface area (Å²) < 4.78 is 29.3. The summed E-state index contributed by atoms with van der Waals surface area (Å²) in [5.41, 5.74) is 0.817. The van der Waals surface area contributed by atoms with Gasteiger partial charge in [0.1, 0.15) is 4.90 Å². The minimum atomic E-state index is -3.55. The summed E-state index contributed by atoms with van der Waals surface area (Å²) >= 11 is 0. The lowest BCUT2D eigenvalue weighted by Crippen LogP contribution is -2.35. The molecule has 1 aliphatic heterocycles. The van der Waals surface area contributed by atoms with Gasteiger partial charge < -0.3 is 0 Å². The van der Waals surface area contributed by atoms with Crippen LogP contribution in [0.25, 0.3) is 0 Å². The predicted molar refractivity (Wildman–Crippen MR) is 82.5 cm³/mol. The molecule has 3 rings (SSSR count). The van der Waals surface area contributed by atoms with Gasteiger partial charge in [0.15, 0.2) is 0 Å². The van der Waals surface area contributed by atoms with Crippen molar-refractivity contribution in [3.05, 3.63) is 42.5 Å². The first-order valence-corrected chi connectivity index (χ1v) is 8.94. The normalized spacial score (nSPS) is 20.7. The van der Waals surface area contributed by atoms with E-state index in [2.05, 4.69) is 10.1 Å². The molecule has 6 nitrogen and oxygen atoms in total. The van der Waals surface area contributed by atoms with E-state index in [4.69, 9.17) is 0 Å². The van der Waals surface area contributed by atoms with Crippen molar-refractivity contribution in [3.8, 4) is 0 Å². The van der Waals surface area contributed by atoms with Crippen molar-refractivity contribution < 1.29 is 8.42 Å². The van der Waals surface area contributed by atoms with E-state index in [9.17, 15) is 8.42 Å². The molecule has 0 amide bonds. The van der Waals surface area contributed by atoms with Gasteiger partial charge in [-0.15, -0.1) is 0 Å². The fourth-order valence-corrected chi connectivity index (χ4v) is 4.54. The van der Waals surface area contributed by atoms with E-state index < -0.39 is 10.0 Å². The zero-order chi connectivity index (χ0) is 15.6. The number of hydrogen-bond acceptors (Lipinski definition) is 4. The average molecular weight is 320 g/mol. The molecule has 0 unspecified atom stereocenters. The van der Waals surface area contributed by atoms with Gasteiger partial charge in [-0.3, -0.25) is 9.67 Å². The minimum Gasteiger partial charge on any atom is -0.275 e. The fraction of sp³-hybridized carbons (Fsp3) is 0.467. The third kappa shape index (κ3) is 2.91. The molecule has 0 saturated carbocycles. The number of hydrogen-bond donors (Lipinski definition) is 0. The highest BCUT2D eigenvalue weighted by molar-refractivity contribution is 7.89. The van der Waals surface area contributed by atoms with Crippen molar-refractivity contribution in [2.24, 2.45) is 7.05 Å². The Morgan fingerprint density at radius 2 is 2.09 bits per heavy atom. The van der Waals surface area contributed by atoms with Crippen LogP contribution in [0.3, 0.4) is 0 Å². The first-order valence-electron chi connectivity index (χ1n) is 7.50. The van der Waals surface area contributed by atoms with Gasteiger partial charge in [0.05, 0.1) is 11.7 Å². The molecule has 0 aromatic carbocycles. The zero-order valence-corrected chi connectivity index (χ0v) is 13.4. The van der Waals surface area contributed by atoms with Crippen LogP contribution >= 0.6 is 0 Å². The summed E-state index contributed by atoms with van der Waals surface area (Å²) in [6.45, 7) is 0.526. The Balaban J connectivity index is 2.00. The summed E-state index contributed by atoms with van der Waals surface area (Å²) in [6.07, 6.45) is 8.59. The SMILES string of the molecule is Cn1ccc([C@@H]2CCCCCN2S(=O)(=O)c2cccnc2)n1. The molecule has 0 N–H and O–H groups in total. The molecular weight excluding hydrogens is 300 g/mol. The van der Waals surface area contributed by atoms with E-state index in [1.54, 1.807) is 27.3 Å². The standard InChI is InChI=1S/C15H20N4O2S/c1-18-11-8-14(17-18)15-7-3-2-4-10-19(15)22(20,21)13-6-5-9-16-12-13/h5-6,8-9,11-12,15H,2-4,7,10H2,1H3/t15-/m0/s1. The number of pyridine rings is 1. The molecule has 2 aromatic rings. The molecule has 1 fully saturated rings. The molecule has 0 aliphatic carbocycles. The van der Waals surface area contributed by atoms with Gasteiger partial charge in [-0.1, -0.05) is 12.8 Å². The predicted octanol–water partition coefficient (Wildman–Crippen LogP) is 2.12. The first kappa shape index (κ1) is 15.2. The van der Waals surface area contributed by atoms with Crippen LogP contribution in [0.5, 0.6) is 0 Å². The summed E-state index contributed by atoms with van der Waals surface area (Å²) in [5.74, 6) is 0. The van der Waals surface area contributed by atoms with Gasteiger partial charge in [-0.25, -0.2) is 8.42 Å². The van der Waals surface area contributed by atoms with E-state index >= 15 is 0 Å². The smallest absolute Gasteiger partial charge is 0.245 e. The molecular formula is C15H20N4O2S. The van der Waals surface area contributed by atoms with Gasteiger partial charge in [-0.2, -0.15) is 9.40 Å². The highest BCUT2D eigenvalue weighted by atomic mass is 32.2. The molecule has 1 atom stereocenters. The Kier molecular flexibility index (Phi) is 4.26. The van der Waals surface area contributed by atoms with Gasteiger partial charge in [0.25, 0.3) is 0 Å². The van der Waals surface area contributed by atoms with Crippen molar-refractivity contribution in [2.75, 3.05) is 6.54 Å². The van der Waals surface area contributed by atoms with Crippen LogP contribution in [0.1, 0.15) is 37.4 Å². The van der Waals surface area contributed by atoms with Crippen LogP contribution in [0.15, 0.2) is 41.7 Å². The van der Waals surface area contributed by atoms with E-state index in [0.29, 0.717) is 6.54 Å². The van der Waals surface area contributed by atoms with Crippen molar-refractivity contribution in [3.63, 3.8) is 0 Å². The maximum atomic E-state index is 13.0. The molecule has 3 heterocycles. The molecule has 7 heteroatoms. The lowest BCUT2D eigenvalue weighted by molar-refractivity contribution is 0.321. The second kappa shape index (κ2) is 6.18. The fourth-order valence-electron chi connectivity index (χ4n) is 2.91. The topological polar surface area (TPSA) is 68.1 Å². The van der Waals surface area contributed by atoms with Crippen molar-refractivity contribution >= 4 is 10.0 Å². The van der Waals surface area contributed by atoms with Gasteiger partial charge in [0.2, 0.25) is 10.0 Å². The molecule has 1 saturated heterocycles. The largest absolute Gasteiger partial charge is 0.275 e. The first-order chi connectivity index (χ1) is 10.6. The number of aromatic nitrogens is 3. The Morgan fingerprint density at radius 3 is 2.77 bits per heavy atom. The second-order valence-corrected chi connectivity index (χ2v) is 7.47. The van der Waals surface area contributed by atoms with E-state index in [-0.39, 0.29) is 10.9 Å². The van der Waals surface area contributed by atoms with Crippen molar-refractivity contribution in [1.82, 2.24) is 19.1 Å². The van der Waals surface area contributed by atoms with Crippen molar-refractivity contribution in [2.45, 2.75) is 36.6 Å². The second-order valence-electron chi connectivity index (χ2n) is 5.58. The van der Waals surface area contributed by atoms with Gasteiger partial charge in [0, 0.05) is 32.2 Å². The van der Waals surface area contributed by atoms with Crippen LogP contribution in [0.2, 0.25) is 0 Å². The Labute approximate surface area is 130 Å². The summed E-state index contributed by atoms with van der Waals surface area (Å²) in [6, 6.07) is 4.96. The number of sulfonamides is 1. The van der Waals surface area contributed by atoms with Gasteiger partial charge in [-0.05, 0) is 31.0 Å². The molecule has 0 spiro atoms. The summed E-state index contributed by atoms with van der Waals surface area (Å²) in [7, 11) is -1.70. The number of rotatable bonds is 3. The van der Waals surface area contributed by atoms with Crippen LogP contribution in [-0.2, 0) is 17.1 Å².